The average molecular weight is 266 g/mol. The Morgan fingerprint density at radius 1 is 1.32 bits per heavy atom. The second-order valence-electron chi connectivity index (χ2n) is 4.74. The molecule has 1 N–H and O–H groups in total. The molecule has 1 aliphatic rings. The normalized spacial score (nSPS) is 16.5. The number of carbonyl (C=O) groups is 1. The number of benzene rings is 1. The summed E-state index contributed by atoms with van der Waals surface area (Å²) in [5.74, 6) is 0.535. The highest BCUT2D eigenvalue weighted by Crippen LogP contribution is 2.40. The standard InChI is InChI=1S/C14H18O5/c1-17-11-4-3-10(7-12(11)18-2)14(8-19-9-14)6-5-13(15)16/h3-4,7H,5-6,8-9H2,1-2H3,(H,15,16). The molecule has 0 saturated carbocycles. The Kier molecular flexibility index (Phi) is 3.95. The van der Waals surface area contributed by atoms with Crippen LogP contribution in [0.2, 0.25) is 0 Å². The smallest absolute Gasteiger partial charge is 0.303 e. The predicted octanol–water partition coefficient (Wildman–Crippen LogP) is 1.84. The largest absolute Gasteiger partial charge is 0.493 e. The lowest BCUT2D eigenvalue weighted by Gasteiger charge is -2.42. The SMILES string of the molecule is COc1ccc(C2(CCC(=O)O)COC2)cc1OC. The fourth-order valence-electron chi connectivity index (χ4n) is 2.32. The van der Waals surface area contributed by atoms with Crippen molar-refractivity contribution in [3.63, 3.8) is 0 Å². The van der Waals surface area contributed by atoms with Gasteiger partial charge in [0, 0.05) is 11.8 Å². The minimum Gasteiger partial charge on any atom is -0.493 e. The van der Waals surface area contributed by atoms with Gasteiger partial charge in [-0.05, 0) is 24.1 Å². The molecule has 1 heterocycles. The molecule has 0 atom stereocenters. The molecule has 0 bridgehead atoms. The molecule has 104 valence electrons. The van der Waals surface area contributed by atoms with Crippen molar-refractivity contribution in [1.29, 1.82) is 0 Å². The van der Waals surface area contributed by atoms with Crippen molar-refractivity contribution in [3.8, 4) is 11.5 Å². The Labute approximate surface area is 112 Å². The first-order valence-corrected chi connectivity index (χ1v) is 6.13. The van der Waals surface area contributed by atoms with Crippen LogP contribution in [-0.2, 0) is 14.9 Å². The summed E-state index contributed by atoms with van der Waals surface area (Å²) in [6, 6.07) is 5.70. The topological polar surface area (TPSA) is 65.0 Å². The molecule has 1 fully saturated rings. The molecular weight excluding hydrogens is 248 g/mol. The van der Waals surface area contributed by atoms with E-state index in [0.717, 1.165) is 5.56 Å². The zero-order valence-electron chi connectivity index (χ0n) is 11.1. The van der Waals surface area contributed by atoms with E-state index in [2.05, 4.69) is 0 Å². The third-order valence-electron chi connectivity index (χ3n) is 3.57. The number of carboxylic acid groups (broad SMARTS) is 1. The summed E-state index contributed by atoms with van der Waals surface area (Å²) in [7, 11) is 3.17. The zero-order chi connectivity index (χ0) is 13.9. The van der Waals surface area contributed by atoms with Crippen molar-refractivity contribution in [2.45, 2.75) is 18.3 Å². The van der Waals surface area contributed by atoms with Crippen LogP contribution >= 0.6 is 0 Å². The van der Waals surface area contributed by atoms with Crippen molar-refractivity contribution in [2.75, 3.05) is 27.4 Å². The van der Waals surface area contributed by atoms with Gasteiger partial charge in [-0.25, -0.2) is 0 Å². The molecule has 0 aromatic heterocycles. The summed E-state index contributed by atoms with van der Waals surface area (Å²) in [4.78, 5) is 10.8. The van der Waals surface area contributed by atoms with Gasteiger partial charge in [-0.1, -0.05) is 6.07 Å². The van der Waals surface area contributed by atoms with Gasteiger partial charge in [-0.15, -0.1) is 0 Å². The van der Waals surface area contributed by atoms with Gasteiger partial charge in [0.1, 0.15) is 0 Å². The summed E-state index contributed by atoms with van der Waals surface area (Å²) >= 11 is 0. The molecule has 0 amide bonds. The van der Waals surface area contributed by atoms with E-state index in [-0.39, 0.29) is 11.8 Å². The van der Waals surface area contributed by atoms with Gasteiger partial charge >= 0.3 is 5.97 Å². The molecule has 5 nitrogen and oxygen atoms in total. The zero-order valence-corrected chi connectivity index (χ0v) is 11.1. The molecule has 0 radical (unpaired) electrons. The molecule has 19 heavy (non-hydrogen) atoms. The fourth-order valence-corrected chi connectivity index (χ4v) is 2.32. The highest BCUT2D eigenvalue weighted by molar-refractivity contribution is 5.67. The quantitative estimate of drug-likeness (QED) is 0.851. The highest BCUT2D eigenvalue weighted by Gasteiger charge is 2.40. The van der Waals surface area contributed by atoms with E-state index in [1.165, 1.54) is 0 Å². The van der Waals surface area contributed by atoms with Crippen molar-refractivity contribution < 1.29 is 24.1 Å². The molecule has 0 unspecified atom stereocenters. The van der Waals surface area contributed by atoms with Crippen LogP contribution in [0.15, 0.2) is 18.2 Å². The summed E-state index contributed by atoms with van der Waals surface area (Å²) < 4.78 is 15.8. The lowest BCUT2D eigenvalue weighted by atomic mass is 9.75. The number of ether oxygens (including phenoxy) is 3. The minimum atomic E-state index is -0.785. The van der Waals surface area contributed by atoms with Gasteiger partial charge < -0.3 is 19.3 Å². The van der Waals surface area contributed by atoms with E-state index in [1.807, 2.05) is 18.2 Å². The minimum absolute atomic E-state index is 0.137. The summed E-state index contributed by atoms with van der Waals surface area (Å²) in [5, 5.41) is 8.84. The van der Waals surface area contributed by atoms with Crippen LogP contribution in [0.25, 0.3) is 0 Å². The second-order valence-corrected chi connectivity index (χ2v) is 4.74. The Bertz CT molecular complexity index is 465. The fraction of sp³-hybridized carbons (Fsp3) is 0.500. The van der Waals surface area contributed by atoms with Gasteiger partial charge in [0.15, 0.2) is 11.5 Å². The third-order valence-corrected chi connectivity index (χ3v) is 3.57. The number of hydrogen-bond donors (Lipinski definition) is 1. The van der Waals surface area contributed by atoms with Gasteiger partial charge in [0.2, 0.25) is 0 Å². The van der Waals surface area contributed by atoms with Crippen molar-refractivity contribution in [3.05, 3.63) is 23.8 Å². The van der Waals surface area contributed by atoms with Gasteiger partial charge in [-0.2, -0.15) is 0 Å². The predicted molar refractivity (Wildman–Crippen MR) is 68.9 cm³/mol. The monoisotopic (exact) mass is 266 g/mol. The van der Waals surface area contributed by atoms with Gasteiger partial charge in [-0.3, -0.25) is 4.79 Å². The average Bonchev–Trinajstić information content (AvgIpc) is 2.36. The first-order valence-electron chi connectivity index (χ1n) is 6.13. The lowest BCUT2D eigenvalue weighted by Crippen LogP contribution is -2.47. The summed E-state index contributed by atoms with van der Waals surface area (Å²) in [5.41, 5.74) is 0.829. The van der Waals surface area contributed by atoms with Crippen LogP contribution in [0.4, 0.5) is 0 Å². The van der Waals surface area contributed by atoms with Gasteiger partial charge in [0.25, 0.3) is 0 Å². The number of rotatable bonds is 6. The maximum Gasteiger partial charge on any atom is 0.303 e. The van der Waals surface area contributed by atoms with E-state index in [0.29, 0.717) is 31.1 Å². The first-order chi connectivity index (χ1) is 9.11. The van der Waals surface area contributed by atoms with Crippen molar-refractivity contribution >= 4 is 5.97 Å². The van der Waals surface area contributed by atoms with Crippen molar-refractivity contribution in [1.82, 2.24) is 0 Å². The van der Waals surface area contributed by atoms with Crippen LogP contribution < -0.4 is 9.47 Å². The molecule has 2 rings (SSSR count). The molecule has 5 heteroatoms. The Morgan fingerprint density at radius 2 is 2.00 bits per heavy atom. The Morgan fingerprint density at radius 3 is 2.47 bits per heavy atom. The van der Waals surface area contributed by atoms with E-state index in [1.54, 1.807) is 14.2 Å². The highest BCUT2D eigenvalue weighted by atomic mass is 16.5. The number of methoxy groups -OCH3 is 2. The van der Waals surface area contributed by atoms with E-state index in [9.17, 15) is 4.79 Å². The molecular formula is C14H18O5. The molecule has 1 aromatic carbocycles. The number of hydrogen-bond acceptors (Lipinski definition) is 4. The van der Waals surface area contributed by atoms with Crippen LogP contribution in [0.5, 0.6) is 11.5 Å². The molecule has 1 saturated heterocycles. The number of aliphatic carboxylic acids is 1. The van der Waals surface area contributed by atoms with E-state index >= 15 is 0 Å². The Balaban J connectivity index is 2.25. The van der Waals surface area contributed by atoms with Crippen molar-refractivity contribution in [2.24, 2.45) is 0 Å². The lowest BCUT2D eigenvalue weighted by molar-refractivity contribution is -0.139. The third kappa shape index (κ3) is 2.66. The van der Waals surface area contributed by atoms with E-state index < -0.39 is 5.97 Å². The maximum absolute atomic E-state index is 10.8. The Hall–Kier alpha value is -1.75. The number of carboxylic acids is 1. The molecule has 1 aliphatic heterocycles. The maximum atomic E-state index is 10.8. The summed E-state index contributed by atoms with van der Waals surface area (Å²) in [6.45, 7) is 1.10. The van der Waals surface area contributed by atoms with Crippen LogP contribution in [-0.4, -0.2) is 38.5 Å². The summed E-state index contributed by atoms with van der Waals surface area (Å²) in [6.07, 6.45) is 0.704. The molecule has 0 spiro atoms. The second kappa shape index (κ2) is 5.48. The molecule has 1 aromatic rings. The van der Waals surface area contributed by atoms with Crippen LogP contribution in [0, 0.1) is 0 Å². The van der Waals surface area contributed by atoms with Crippen LogP contribution in [0.3, 0.4) is 0 Å². The first kappa shape index (κ1) is 13.7. The van der Waals surface area contributed by atoms with E-state index in [4.69, 9.17) is 19.3 Å². The van der Waals surface area contributed by atoms with Crippen LogP contribution in [0.1, 0.15) is 18.4 Å². The molecule has 0 aliphatic carbocycles. The van der Waals surface area contributed by atoms with Gasteiger partial charge in [0.05, 0.1) is 27.4 Å².